The topological polar surface area (TPSA) is 46.6 Å². The lowest BCUT2D eigenvalue weighted by Gasteiger charge is -2.21. The Morgan fingerprint density at radius 1 is 1.44 bits per heavy atom. The van der Waals surface area contributed by atoms with Crippen molar-refractivity contribution in [3.05, 3.63) is 30.1 Å². The summed E-state index contributed by atoms with van der Waals surface area (Å²) in [7, 11) is 0. The molecule has 0 aromatic carbocycles. The summed E-state index contributed by atoms with van der Waals surface area (Å²) in [6.45, 7) is 3.89. The molecule has 0 saturated heterocycles. The third-order valence-corrected chi connectivity index (χ3v) is 3.59. The molecule has 96 valence electrons. The summed E-state index contributed by atoms with van der Waals surface area (Å²) < 4.78 is 2.17. The van der Waals surface area contributed by atoms with Crippen LogP contribution in [0.25, 0.3) is 5.65 Å². The van der Waals surface area contributed by atoms with E-state index in [4.69, 9.17) is 10.7 Å². The minimum atomic E-state index is 0.665. The summed E-state index contributed by atoms with van der Waals surface area (Å²) in [5.74, 6) is 1.14. The maximum Gasteiger partial charge on any atom is 0.151 e. The second-order valence-corrected chi connectivity index (χ2v) is 4.87. The van der Waals surface area contributed by atoms with Crippen molar-refractivity contribution < 1.29 is 0 Å². The summed E-state index contributed by atoms with van der Waals surface area (Å²) in [4.78, 5) is 7.23. The van der Waals surface area contributed by atoms with Gasteiger partial charge in [0.05, 0.1) is 5.69 Å². The van der Waals surface area contributed by atoms with Crippen LogP contribution >= 0.6 is 0 Å². The maximum absolute atomic E-state index is 5.75. The van der Waals surface area contributed by atoms with E-state index in [0.717, 1.165) is 24.4 Å². The van der Waals surface area contributed by atoms with Crippen LogP contribution in [-0.4, -0.2) is 28.5 Å². The van der Waals surface area contributed by atoms with Crippen LogP contribution in [0.15, 0.2) is 24.4 Å². The quantitative estimate of drug-likeness (QED) is 0.872. The van der Waals surface area contributed by atoms with Gasteiger partial charge in [-0.3, -0.25) is 0 Å². The highest BCUT2D eigenvalue weighted by atomic mass is 15.3. The van der Waals surface area contributed by atoms with E-state index in [1.807, 2.05) is 12.1 Å². The zero-order valence-corrected chi connectivity index (χ0v) is 10.8. The van der Waals surface area contributed by atoms with Gasteiger partial charge in [-0.05, 0) is 38.4 Å². The van der Waals surface area contributed by atoms with Gasteiger partial charge >= 0.3 is 0 Å². The van der Waals surface area contributed by atoms with Gasteiger partial charge in [0.25, 0.3) is 0 Å². The maximum atomic E-state index is 5.75. The molecule has 1 aliphatic carbocycles. The first kappa shape index (κ1) is 11.5. The minimum Gasteiger partial charge on any atom is -0.352 e. The average Bonchev–Trinajstić information content (AvgIpc) is 3.16. The third kappa shape index (κ3) is 1.86. The smallest absolute Gasteiger partial charge is 0.151 e. The standard InChI is InChI=1S/C14H20N4/c1-2-17(11-6-7-11)14-12(8-9-15)18-10-4-3-5-13(18)16-14/h3-5,10-11H,2,6-9,15H2,1H3. The first-order chi connectivity index (χ1) is 8.85. The molecule has 2 N–H and O–H groups in total. The average molecular weight is 244 g/mol. The highest BCUT2D eigenvalue weighted by Crippen LogP contribution is 2.33. The number of imidazole rings is 1. The first-order valence-corrected chi connectivity index (χ1v) is 6.77. The monoisotopic (exact) mass is 244 g/mol. The van der Waals surface area contributed by atoms with Gasteiger partial charge in [0.2, 0.25) is 0 Å². The Kier molecular flexibility index (Phi) is 2.96. The number of anilines is 1. The summed E-state index contributed by atoms with van der Waals surface area (Å²) in [5.41, 5.74) is 8.03. The predicted octanol–water partition coefficient (Wildman–Crippen LogP) is 1.82. The predicted molar refractivity (Wildman–Crippen MR) is 74.0 cm³/mol. The fourth-order valence-electron chi connectivity index (χ4n) is 2.60. The molecule has 1 aliphatic rings. The number of fused-ring (bicyclic) bond motifs is 1. The van der Waals surface area contributed by atoms with E-state index in [1.54, 1.807) is 0 Å². The molecular weight excluding hydrogens is 224 g/mol. The normalized spacial score (nSPS) is 15.2. The van der Waals surface area contributed by atoms with Crippen LogP contribution in [0.3, 0.4) is 0 Å². The van der Waals surface area contributed by atoms with Crippen molar-refractivity contribution in [3.63, 3.8) is 0 Å². The lowest BCUT2D eigenvalue weighted by molar-refractivity contribution is 0.794. The van der Waals surface area contributed by atoms with Crippen molar-refractivity contribution in [3.8, 4) is 0 Å². The molecule has 2 aromatic rings. The molecule has 0 atom stereocenters. The Morgan fingerprint density at radius 3 is 2.94 bits per heavy atom. The van der Waals surface area contributed by atoms with Crippen molar-refractivity contribution in [1.82, 2.24) is 9.38 Å². The van der Waals surface area contributed by atoms with E-state index in [-0.39, 0.29) is 0 Å². The lowest BCUT2D eigenvalue weighted by atomic mass is 10.3. The molecule has 4 heteroatoms. The highest BCUT2D eigenvalue weighted by molar-refractivity contribution is 5.57. The van der Waals surface area contributed by atoms with Crippen LogP contribution in [-0.2, 0) is 6.42 Å². The summed E-state index contributed by atoms with van der Waals surface area (Å²) >= 11 is 0. The molecule has 0 spiro atoms. The van der Waals surface area contributed by atoms with Crippen LogP contribution in [0.5, 0.6) is 0 Å². The number of rotatable bonds is 5. The number of nitrogens with zero attached hydrogens (tertiary/aromatic N) is 3. The van der Waals surface area contributed by atoms with Gasteiger partial charge in [0, 0.05) is 25.2 Å². The Morgan fingerprint density at radius 2 is 2.28 bits per heavy atom. The fourth-order valence-corrected chi connectivity index (χ4v) is 2.60. The molecule has 4 nitrogen and oxygen atoms in total. The van der Waals surface area contributed by atoms with E-state index in [2.05, 4.69) is 28.5 Å². The molecular formula is C14H20N4. The van der Waals surface area contributed by atoms with Gasteiger partial charge in [0.15, 0.2) is 5.82 Å². The van der Waals surface area contributed by atoms with E-state index >= 15 is 0 Å². The van der Waals surface area contributed by atoms with E-state index < -0.39 is 0 Å². The number of aromatic nitrogens is 2. The minimum absolute atomic E-state index is 0.665. The number of nitrogens with two attached hydrogens (primary N) is 1. The van der Waals surface area contributed by atoms with E-state index in [1.165, 1.54) is 18.5 Å². The van der Waals surface area contributed by atoms with Gasteiger partial charge in [-0.15, -0.1) is 0 Å². The summed E-state index contributed by atoms with van der Waals surface area (Å²) in [5, 5.41) is 0. The Hall–Kier alpha value is -1.55. The number of hydrogen-bond donors (Lipinski definition) is 1. The van der Waals surface area contributed by atoms with Crippen molar-refractivity contribution in [2.24, 2.45) is 5.73 Å². The second kappa shape index (κ2) is 4.61. The van der Waals surface area contributed by atoms with Gasteiger partial charge < -0.3 is 15.0 Å². The Labute approximate surface area is 107 Å². The molecule has 18 heavy (non-hydrogen) atoms. The van der Waals surface area contributed by atoms with Gasteiger partial charge in [-0.2, -0.15) is 0 Å². The number of hydrogen-bond acceptors (Lipinski definition) is 3. The van der Waals surface area contributed by atoms with Gasteiger partial charge in [-0.1, -0.05) is 6.07 Å². The zero-order chi connectivity index (χ0) is 12.5. The van der Waals surface area contributed by atoms with Gasteiger partial charge in [-0.25, -0.2) is 4.98 Å². The van der Waals surface area contributed by atoms with Crippen LogP contribution in [0, 0.1) is 0 Å². The number of pyridine rings is 1. The fraction of sp³-hybridized carbons (Fsp3) is 0.500. The van der Waals surface area contributed by atoms with Crippen LogP contribution in [0.1, 0.15) is 25.5 Å². The molecule has 0 amide bonds. The zero-order valence-electron chi connectivity index (χ0n) is 10.8. The largest absolute Gasteiger partial charge is 0.352 e. The van der Waals surface area contributed by atoms with E-state index in [9.17, 15) is 0 Å². The molecule has 0 radical (unpaired) electrons. The van der Waals surface area contributed by atoms with Crippen molar-refractivity contribution in [2.75, 3.05) is 18.0 Å². The molecule has 0 aliphatic heterocycles. The molecule has 0 bridgehead atoms. The molecule has 2 heterocycles. The summed E-state index contributed by atoms with van der Waals surface area (Å²) in [6, 6.07) is 6.83. The van der Waals surface area contributed by atoms with Crippen LogP contribution < -0.4 is 10.6 Å². The SMILES string of the molecule is CCN(c1nc2ccccn2c1CCN)C1CC1. The molecule has 1 saturated carbocycles. The van der Waals surface area contributed by atoms with Crippen molar-refractivity contribution >= 4 is 11.5 Å². The first-order valence-electron chi connectivity index (χ1n) is 6.77. The molecule has 1 fully saturated rings. The molecule has 3 rings (SSSR count). The van der Waals surface area contributed by atoms with Crippen LogP contribution in [0.4, 0.5) is 5.82 Å². The lowest BCUT2D eigenvalue weighted by Crippen LogP contribution is -2.27. The van der Waals surface area contributed by atoms with Crippen molar-refractivity contribution in [1.29, 1.82) is 0 Å². The van der Waals surface area contributed by atoms with Gasteiger partial charge in [0.1, 0.15) is 5.65 Å². The molecule has 2 aromatic heterocycles. The summed E-state index contributed by atoms with van der Waals surface area (Å²) in [6.07, 6.45) is 5.55. The molecule has 0 unspecified atom stereocenters. The third-order valence-electron chi connectivity index (χ3n) is 3.59. The second-order valence-electron chi connectivity index (χ2n) is 4.87. The Bertz CT molecular complexity index is 542. The highest BCUT2D eigenvalue weighted by Gasteiger charge is 2.31. The van der Waals surface area contributed by atoms with Crippen molar-refractivity contribution in [2.45, 2.75) is 32.2 Å². The van der Waals surface area contributed by atoms with E-state index in [0.29, 0.717) is 12.6 Å². The van der Waals surface area contributed by atoms with Crippen LogP contribution in [0.2, 0.25) is 0 Å². The Balaban J connectivity index is 2.10.